The van der Waals surface area contributed by atoms with Crippen LogP contribution in [-0.2, 0) is 13.0 Å². The van der Waals surface area contributed by atoms with E-state index in [0.717, 1.165) is 36.8 Å². The SMILES string of the molecule is CC(C)Oc1ccccc1CNc1ccc2c(c1)CCO2. The summed E-state index contributed by atoms with van der Waals surface area (Å²) in [5.41, 5.74) is 3.58. The molecular weight excluding hydrogens is 262 g/mol. The van der Waals surface area contributed by atoms with Crippen LogP contribution in [-0.4, -0.2) is 12.7 Å². The van der Waals surface area contributed by atoms with E-state index in [1.165, 1.54) is 11.1 Å². The first-order valence-corrected chi connectivity index (χ1v) is 7.46. The maximum atomic E-state index is 5.85. The molecule has 0 saturated carbocycles. The Hall–Kier alpha value is -2.16. The van der Waals surface area contributed by atoms with Crippen molar-refractivity contribution in [3.63, 3.8) is 0 Å². The highest BCUT2D eigenvalue weighted by atomic mass is 16.5. The van der Waals surface area contributed by atoms with Crippen LogP contribution in [0.3, 0.4) is 0 Å². The number of nitrogens with one attached hydrogen (secondary N) is 1. The molecule has 2 aromatic rings. The molecule has 0 aliphatic carbocycles. The van der Waals surface area contributed by atoms with E-state index < -0.39 is 0 Å². The molecule has 0 atom stereocenters. The molecule has 2 aromatic carbocycles. The summed E-state index contributed by atoms with van der Waals surface area (Å²) in [4.78, 5) is 0. The molecule has 110 valence electrons. The van der Waals surface area contributed by atoms with Crippen molar-refractivity contribution in [3.05, 3.63) is 53.6 Å². The number of hydrogen-bond acceptors (Lipinski definition) is 3. The molecular formula is C18H21NO2. The maximum absolute atomic E-state index is 5.85. The van der Waals surface area contributed by atoms with Gasteiger partial charge in [0.15, 0.2) is 0 Å². The average molecular weight is 283 g/mol. The van der Waals surface area contributed by atoms with Gasteiger partial charge in [-0.15, -0.1) is 0 Å². The zero-order valence-corrected chi connectivity index (χ0v) is 12.6. The first kappa shape index (κ1) is 13.8. The molecule has 0 aromatic heterocycles. The smallest absolute Gasteiger partial charge is 0.124 e. The van der Waals surface area contributed by atoms with E-state index in [4.69, 9.17) is 9.47 Å². The van der Waals surface area contributed by atoms with Crippen molar-refractivity contribution in [2.24, 2.45) is 0 Å². The van der Waals surface area contributed by atoms with E-state index in [1.807, 2.05) is 38.1 Å². The lowest BCUT2D eigenvalue weighted by Gasteiger charge is -2.15. The van der Waals surface area contributed by atoms with Gasteiger partial charge in [-0.05, 0) is 43.7 Å². The number of para-hydroxylation sites is 1. The summed E-state index contributed by atoms with van der Waals surface area (Å²) in [6, 6.07) is 14.5. The summed E-state index contributed by atoms with van der Waals surface area (Å²) < 4.78 is 11.4. The van der Waals surface area contributed by atoms with Crippen LogP contribution in [0.25, 0.3) is 0 Å². The number of ether oxygens (including phenoxy) is 2. The van der Waals surface area contributed by atoms with Crippen LogP contribution in [0, 0.1) is 0 Å². The highest BCUT2D eigenvalue weighted by Gasteiger charge is 2.12. The van der Waals surface area contributed by atoms with Gasteiger partial charge in [-0.1, -0.05) is 18.2 Å². The monoisotopic (exact) mass is 283 g/mol. The molecule has 0 spiro atoms. The fraction of sp³-hybridized carbons (Fsp3) is 0.333. The summed E-state index contributed by atoms with van der Waals surface area (Å²) in [5, 5.41) is 3.47. The third-order valence-electron chi connectivity index (χ3n) is 3.51. The summed E-state index contributed by atoms with van der Waals surface area (Å²) in [6.45, 7) is 5.64. The highest BCUT2D eigenvalue weighted by molar-refractivity contribution is 5.53. The first-order chi connectivity index (χ1) is 10.2. The Morgan fingerprint density at radius 2 is 2.05 bits per heavy atom. The van der Waals surface area contributed by atoms with Crippen LogP contribution in [0.5, 0.6) is 11.5 Å². The van der Waals surface area contributed by atoms with Crippen LogP contribution in [0.4, 0.5) is 5.69 Å². The lowest BCUT2D eigenvalue weighted by molar-refractivity contribution is 0.240. The minimum atomic E-state index is 0.184. The normalized spacial score (nSPS) is 12.9. The van der Waals surface area contributed by atoms with Crippen LogP contribution < -0.4 is 14.8 Å². The Bertz CT molecular complexity index is 622. The van der Waals surface area contributed by atoms with Crippen LogP contribution >= 0.6 is 0 Å². The molecule has 0 radical (unpaired) electrons. The first-order valence-electron chi connectivity index (χ1n) is 7.46. The van der Waals surface area contributed by atoms with E-state index >= 15 is 0 Å². The highest BCUT2D eigenvalue weighted by Crippen LogP contribution is 2.28. The number of benzene rings is 2. The Labute approximate surface area is 125 Å². The lowest BCUT2D eigenvalue weighted by Crippen LogP contribution is -2.09. The average Bonchev–Trinajstić information content (AvgIpc) is 2.93. The van der Waals surface area contributed by atoms with Crippen molar-refractivity contribution in [2.75, 3.05) is 11.9 Å². The second-order valence-corrected chi connectivity index (χ2v) is 5.55. The Morgan fingerprint density at radius 3 is 2.90 bits per heavy atom. The van der Waals surface area contributed by atoms with Gasteiger partial charge in [0.25, 0.3) is 0 Å². The van der Waals surface area contributed by atoms with Crippen molar-refractivity contribution in [1.82, 2.24) is 0 Å². The molecule has 0 amide bonds. The minimum Gasteiger partial charge on any atom is -0.493 e. The molecule has 3 rings (SSSR count). The Kier molecular flexibility index (Phi) is 4.00. The number of hydrogen-bond donors (Lipinski definition) is 1. The van der Waals surface area contributed by atoms with Gasteiger partial charge in [0.1, 0.15) is 11.5 Å². The third kappa shape index (κ3) is 3.30. The largest absolute Gasteiger partial charge is 0.493 e. The molecule has 1 aliphatic rings. The second-order valence-electron chi connectivity index (χ2n) is 5.55. The zero-order chi connectivity index (χ0) is 14.7. The van der Waals surface area contributed by atoms with Gasteiger partial charge in [0.2, 0.25) is 0 Å². The van der Waals surface area contributed by atoms with Gasteiger partial charge in [0.05, 0.1) is 12.7 Å². The molecule has 3 nitrogen and oxygen atoms in total. The number of fused-ring (bicyclic) bond motifs is 1. The molecule has 1 heterocycles. The minimum absolute atomic E-state index is 0.184. The summed E-state index contributed by atoms with van der Waals surface area (Å²) in [6.07, 6.45) is 1.18. The van der Waals surface area contributed by atoms with E-state index in [9.17, 15) is 0 Å². The van der Waals surface area contributed by atoms with Gasteiger partial charge in [-0.3, -0.25) is 0 Å². The van der Waals surface area contributed by atoms with Gasteiger partial charge >= 0.3 is 0 Å². The van der Waals surface area contributed by atoms with E-state index in [0.29, 0.717) is 0 Å². The summed E-state index contributed by atoms with van der Waals surface area (Å²) in [5.74, 6) is 1.97. The zero-order valence-electron chi connectivity index (χ0n) is 12.6. The van der Waals surface area contributed by atoms with Crippen LogP contribution in [0.1, 0.15) is 25.0 Å². The summed E-state index contributed by atoms with van der Waals surface area (Å²) in [7, 11) is 0. The molecule has 1 aliphatic heterocycles. The Morgan fingerprint density at radius 1 is 1.19 bits per heavy atom. The van der Waals surface area contributed by atoms with Gasteiger partial charge < -0.3 is 14.8 Å². The molecule has 0 saturated heterocycles. The second kappa shape index (κ2) is 6.08. The quantitative estimate of drug-likeness (QED) is 0.899. The molecule has 0 bridgehead atoms. The van der Waals surface area contributed by atoms with Crippen molar-refractivity contribution in [3.8, 4) is 11.5 Å². The maximum Gasteiger partial charge on any atom is 0.124 e. The third-order valence-corrected chi connectivity index (χ3v) is 3.51. The molecule has 0 fully saturated rings. The van der Waals surface area contributed by atoms with Gasteiger partial charge in [0, 0.05) is 24.2 Å². The lowest BCUT2D eigenvalue weighted by atomic mass is 10.1. The predicted molar refractivity (Wildman–Crippen MR) is 85.2 cm³/mol. The standard InChI is InChI=1S/C18H21NO2/c1-13(2)21-18-6-4-3-5-15(18)12-19-16-7-8-17-14(11-16)9-10-20-17/h3-8,11,13,19H,9-10,12H2,1-2H3. The molecule has 3 heteroatoms. The van der Waals surface area contributed by atoms with Crippen molar-refractivity contribution in [1.29, 1.82) is 0 Å². The van der Waals surface area contributed by atoms with Crippen molar-refractivity contribution in [2.45, 2.75) is 32.9 Å². The molecule has 21 heavy (non-hydrogen) atoms. The fourth-order valence-electron chi connectivity index (χ4n) is 2.51. The number of rotatable bonds is 5. The van der Waals surface area contributed by atoms with Crippen molar-refractivity contribution >= 4 is 5.69 Å². The van der Waals surface area contributed by atoms with Crippen LogP contribution in [0.15, 0.2) is 42.5 Å². The fourth-order valence-corrected chi connectivity index (χ4v) is 2.51. The van der Waals surface area contributed by atoms with E-state index in [1.54, 1.807) is 0 Å². The van der Waals surface area contributed by atoms with E-state index in [2.05, 4.69) is 23.5 Å². The molecule has 1 N–H and O–H groups in total. The van der Waals surface area contributed by atoms with Gasteiger partial charge in [-0.25, -0.2) is 0 Å². The molecule has 0 unspecified atom stereocenters. The number of anilines is 1. The van der Waals surface area contributed by atoms with Crippen LogP contribution in [0.2, 0.25) is 0 Å². The Balaban J connectivity index is 1.70. The van der Waals surface area contributed by atoms with Gasteiger partial charge in [-0.2, -0.15) is 0 Å². The summed E-state index contributed by atoms with van der Waals surface area (Å²) >= 11 is 0. The predicted octanol–water partition coefficient (Wildman–Crippen LogP) is 4.02. The van der Waals surface area contributed by atoms with E-state index in [-0.39, 0.29) is 6.10 Å². The van der Waals surface area contributed by atoms with Crippen molar-refractivity contribution < 1.29 is 9.47 Å². The topological polar surface area (TPSA) is 30.5 Å².